The van der Waals surface area contributed by atoms with Gasteiger partial charge in [0.2, 0.25) is 0 Å². The zero-order valence-corrected chi connectivity index (χ0v) is 12.6. The summed E-state index contributed by atoms with van der Waals surface area (Å²) in [5, 5.41) is 16.3. The van der Waals surface area contributed by atoms with Crippen molar-refractivity contribution >= 4 is 10.8 Å². The molecule has 112 valence electrons. The smallest absolute Gasteiger partial charge is 0.0914 e. The molecule has 0 aromatic heterocycles. The first-order chi connectivity index (χ1) is 10.2. The summed E-state index contributed by atoms with van der Waals surface area (Å²) in [6.45, 7) is 2.92. The van der Waals surface area contributed by atoms with Gasteiger partial charge < -0.3 is 15.3 Å². The highest BCUT2D eigenvalue weighted by atomic mass is 16.3. The van der Waals surface area contributed by atoms with Crippen LogP contribution in [0.5, 0.6) is 0 Å². The number of aliphatic hydroxyl groups is 1. The summed E-state index contributed by atoms with van der Waals surface area (Å²) in [6, 6.07) is 15.0. The molecule has 2 N–H and O–H groups in total. The third-order valence-corrected chi connectivity index (χ3v) is 4.48. The molecule has 3 rings (SSSR count). The Morgan fingerprint density at radius 3 is 2.62 bits per heavy atom. The number of nitrogens with one attached hydrogen (secondary N) is 1. The molecule has 1 unspecified atom stereocenters. The van der Waals surface area contributed by atoms with Crippen LogP contribution >= 0.6 is 0 Å². The van der Waals surface area contributed by atoms with E-state index in [-0.39, 0.29) is 0 Å². The second-order valence-corrected chi connectivity index (χ2v) is 6.11. The molecule has 1 saturated heterocycles. The van der Waals surface area contributed by atoms with Crippen molar-refractivity contribution in [2.75, 3.05) is 26.7 Å². The molecule has 0 amide bonds. The molecule has 1 heterocycles. The predicted molar refractivity (Wildman–Crippen MR) is 87.4 cm³/mol. The van der Waals surface area contributed by atoms with E-state index in [0.717, 1.165) is 18.7 Å². The van der Waals surface area contributed by atoms with Gasteiger partial charge in [-0.3, -0.25) is 0 Å². The standard InChI is InChI=1S/C18H24N2O/c1-20-10-8-17(9-11-20)19-13-18(21)16-7-6-14-4-2-3-5-15(14)12-16/h2-7,12,17-19,21H,8-11,13H2,1H3. The van der Waals surface area contributed by atoms with E-state index in [0.29, 0.717) is 12.6 Å². The first kappa shape index (κ1) is 14.5. The molecule has 3 heteroatoms. The summed E-state index contributed by atoms with van der Waals surface area (Å²) in [5.41, 5.74) is 0.995. The molecule has 1 fully saturated rings. The van der Waals surface area contributed by atoms with Crippen LogP contribution in [0.4, 0.5) is 0 Å². The second-order valence-electron chi connectivity index (χ2n) is 6.11. The van der Waals surface area contributed by atoms with Gasteiger partial charge in [0.15, 0.2) is 0 Å². The molecule has 1 aliphatic heterocycles. The molecular formula is C18H24N2O. The highest BCUT2D eigenvalue weighted by Gasteiger charge is 2.17. The number of piperidine rings is 1. The minimum atomic E-state index is -0.436. The number of aliphatic hydroxyl groups excluding tert-OH is 1. The van der Waals surface area contributed by atoms with E-state index in [9.17, 15) is 5.11 Å². The van der Waals surface area contributed by atoms with Gasteiger partial charge in [0.1, 0.15) is 0 Å². The van der Waals surface area contributed by atoms with Crippen molar-refractivity contribution in [2.24, 2.45) is 0 Å². The number of fused-ring (bicyclic) bond motifs is 1. The topological polar surface area (TPSA) is 35.5 Å². The minimum absolute atomic E-state index is 0.436. The lowest BCUT2D eigenvalue weighted by atomic mass is 10.0. The summed E-state index contributed by atoms with van der Waals surface area (Å²) in [4.78, 5) is 2.36. The highest BCUT2D eigenvalue weighted by Crippen LogP contribution is 2.20. The Labute approximate surface area is 126 Å². The van der Waals surface area contributed by atoms with Crippen LogP contribution in [-0.4, -0.2) is 42.7 Å². The van der Waals surface area contributed by atoms with Gasteiger partial charge in [0.05, 0.1) is 6.10 Å². The average Bonchev–Trinajstić information content (AvgIpc) is 2.53. The monoisotopic (exact) mass is 284 g/mol. The summed E-state index contributed by atoms with van der Waals surface area (Å²) >= 11 is 0. The van der Waals surface area contributed by atoms with Crippen molar-refractivity contribution in [3.8, 4) is 0 Å². The van der Waals surface area contributed by atoms with Gasteiger partial charge in [0, 0.05) is 12.6 Å². The molecule has 0 spiro atoms. The van der Waals surface area contributed by atoms with Crippen LogP contribution < -0.4 is 5.32 Å². The summed E-state index contributed by atoms with van der Waals surface area (Å²) in [6.07, 6.45) is 1.90. The fourth-order valence-corrected chi connectivity index (χ4v) is 3.02. The maximum absolute atomic E-state index is 10.4. The Bertz CT molecular complexity index is 591. The molecule has 0 saturated carbocycles. The van der Waals surface area contributed by atoms with Crippen LogP contribution in [0.2, 0.25) is 0 Å². The molecule has 2 aromatic rings. The highest BCUT2D eigenvalue weighted by molar-refractivity contribution is 5.83. The molecular weight excluding hydrogens is 260 g/mol. The first-order valence-electron chi connectivity index (χ1n) is 7.81. The van der Waals surface area contributed by atoms with E-state index < -0.39 is 6.10 Å². The molecule has 21 heavy (non-hydrogen) atoms. The van der Waals surface area contributed by atoms with Crippen molar-refractivity contribution in [2.45, 2.75) is 25.0 Å². The normalized spacial score (nSPS) is 19.0. The molecule has 0 aliphatic carbocycles. The Kier molecular flexibility index (Phi) is 4.54. The van der Waals surface area contributed by atoms with E-state index in [1.165, 1.54) is 23.6 Å². The van der Waals surface area contributed by atoms with Gasteiger partial charge in [-0.1, -0.05) is 36.4 Å². The van der Waals surface area contributed by atoms with Gasteiger partial charge >= 0.3 is 0 Å². The zero-order valence-electron chi connectivity index (χ0n) is 12.6. The minimum Gasteiger partial charge on any atom is -0.387 e. The van der Waals surface area contributed by atoms with Crippen LogP contribution in [-0.2, 0) is 0 Å². The zero-order chi connectivity index (χ0) is 14.7. The van der Waals surface area contributed by atoms with Gasteiger partial charge in [-0.2, -0.15) is 0 Å². The van der Waals surface area contributed by atoms with E-state index in [4.69, 9.17) is 0 Å². The fraction of sp³-hybridized carbons (Fsp3) is 0.444. The predicted octanol–water partition coefficient (Wildman–Crippen LogP) is 2.56. The molecule has 2 aromatic carbocycles. The average molecular weight is 284 g/mol. The Balaban J connectivity index is 1.60. The van der Waals surface area contributed by atoms with Crippen LogP contribution in [0.25, 0.3) is 10.8 Å². The SMILES string of the molecule is CN1CCC(NCC(O)c2ccc3ccccc3c2)CC1. The third kappa shape index (κ3) is 3.62. The van der Waals surface area contributed by atoms with E-state index in [1.807, 2.05) is 18.2 Å². The lowest BCUT2D eigenvalue weighted by Crippen LogP contribution is -2.42. The molecule has 1 atom stereocenters. The van der Waals surface area contributed by atoms with Gasteiger partial charge in [-0.15, -0.1) is 0 Å². The van der Waals surface area contributed by atoms with Crippen molar-refractivity contribution in [1.82, 2.24) is 10.2 Å². The number of benzene rings is 2. The number of rotatable bonds is 4. The molecule has 0 bridgehead atoms. The van der Waals surface area contributed by atoms with Crippen LogP contribution in [0, 0.1) is 0 Å². The summed E-state index contributed by atoms with van der Waals surface area (Å²) in [5.74, 6) is 0. The van der Waals surface area contributed by atoms with E-state index in [1.54, 1.807) is 0 Å². The van der Waals surface area contributed by atoms with Gasteiger partial charge in [0.25, 0.3) is 0 Å². The Morgan fingerprint density at radius 1 is 1.14 bits per heavy atom. The van der Waals surface area contributed by atoms with Crippen molar-refractivity contribution in [1.29, 1.82) is 0 Å². The maximum atomic E-state index is 10.4. The van der Waals surface area contributed by atoms with Crippen LogP contribution in [0.1, 0.15) is 24.5 Å². The van der Waals surface area contributed by atoms with Crippen molar-refractivity contribution in [3.63, 3.8) is 0 Å². The maximum Gasteiger partial charge on any atom is 0.0914 e. The molecule has 3 nitrogen and oxygen atoms in total. The van der Waals surface area contributed by atoms with E-state index >= 15 is 0 Å². The number of nitrogens with zero attached hydrogens (tertiary/aromatic N) is 1. The van der Waals surface area contributed by atoms with Crippen LogP contribution in [0.3, 0.4) is 0 Å². The second kappa shape index (κ2) is 6.56. The van der Waals surface area contributed by atoms with E-state index in [2.05, 4.69) is 41.5 Å². The number of hydrogen-bond acceptors (Lipinski definition) is 3. The fourth-order valence-electron chi connectivity index (χ4n) is 3.02. The summed E-state index contributed by atoms with van der Waals surface area (Å²) < 4.78 is 0. The first-order valence-corrected chi connectivity index (χ1v) is 7.81. The molecule has 0 radical (unpaired) electrons. The lowest BCUT2D eigenvalue weighted by molar-refractivity contribution is 0.158. The van der Waals surface area contributed by atoms with Crippen molar-refractivity contribution < 1.29 is 5.11 Å². The van der Waals surface area contributed by atoms with Crippen molar-refractivity contribution in [3.05, 3.63) is 48.0 Å². The van der Waals surface area contributed by atoms with Crippen LogP contribution in [0.15, 0.2) is 42.5 Å². The Morgan fingerprint density at radius 2 is 1.86 bits per heavy atom. The largest absolute Gasteiger partial charge is 0.387 e. The molecule has 1 aliphatic rings. The number of hydrogen-bond donors (Lipinski definition) is 2. The number of likely N-dealkylation sites (tertiary alicyclic amines) is 1. The summed E-state index contributed by atoms with van der Waals surface area (Å²) in [7, 11) is 2.17. The Hall–Kier alpha value is -1.42. The quantitative estimate of drug-likeness (QED) is 0.906. The third-order valence-electron chi connectivity index (χ3n) is 4.48. The van der Waals surface area contributed by atoms with Gasteiger partial charge in [-0.25, -0.2) is 0 Å². The lowest BCUT2D eigenvalue weighted by Gasteiger charge is -2.30. The van der Waals surface area contributed by atoms with Gasteiger partial charge in [-0.05, 0) is 55.4 Å².